The molecule has 0 spiro atoms. The van der Waals surface area contributed by atoms with Crippen molar-refractivity contribution in [2.75, 3.05) is 6.54 Å². The fourth-order valence-electron chi connectivity index (χ4n) is 2.91. The molecule has 0 fully saturated rings. The Kier molecular flexibility index (Phi) is 7.46. The van der Waals surface area contributed by atoms with Gasteiger partial charge >= 0.3 is 0 Å². The molecule has 1 aliphatic rings. The first-order chi connectivity index (χ1) is 13.5. The summed E-state index contributed by atoms with van der Waals surface area (Å²) in [5, 5.41) is 0. The van der Waals surface area contributed by atoms with Crippen LogP contribution < -0.4 is 0 Å². The lowest BCUT2D eigenvalue weighted by molar-refractivity contribution is 0.817. The lowest BCUT2D eigenvalue weighted by atomic mass is 10.1. The minimum atomic E-state index is 0.547. The van der Waals surface area contributed by atoms with Gasteiger partial charge in [0, 0.05) is 11.4 Å². The van der Waals surface area contributed by atoms with E-state index in [-0.39, 0.29) is 0 Å². The number of hydrogen-bond donors (Lipinski definition) is 0. The van der Waals surface area contributed by atoms with Gasteiger partial charge in [0.2, 0.25) is 0 Å². The van der Waals surface area contributed by atoms with Crippen LogP contribution in [0.1, 0.15) is 17.0 Å². The molecular weight excluding hydrogens is 342 g/mol. The van der Waals surface area contributed by atoms with E-state index >= 15 is 0 Å². The maximum atomic E-state index is 4.80. The molecule has 1 aromatic rings. The standard InChI is InChI=1S/C25H27N3/c1-7-10-14-19(4)25-23(26-16-13-11-12-15-20(5)27-25)18-28-21(6)17-22(8-2)24(28)9-3/h7-15,17H,1-5,16,18H2,6H3/b13-11-,14-10-,15-12-,26-23-,27-25-. The van der Waals surface area contributed by atoms with E-state index < -0.39 is 0 Å². The molecule has 0 bridgehead atoms. The first-order valence-electron chi connectivity index (χ1n) is 9.09. The van der Waals surface area contributed by atoms with E-state index in [1.807, 2.05) is 48.6 Å². The Morgan fingerprint density at radius 1 is 1.21 bits per heavy atom. The minimum Gasteiger partial charge on any atom is -0.339 e. The van der Waals surface area contributed by atoms with Crippen LogP contribution in [0.5, 0.6) is 0 Å². The van der Waals surface area contributed by atoms with Crippen molar-refractivity contribution >= 4 is 23.6 Å². The summed E-state index contributed by atoms with van der Waals surface area (Å²) in [5.41, 5.74) is 6.10. The SMILES string of the molecule is C=C/C=C\C(=C)C1=N/C(=C)/C=C\C=C/C/N=C\1Cn1c(C)cc(C=C)c1C=C. The minimum absolute atomic E-state index is 0.547. The van der Waals surface area contributed by atoms with Gasteiger partial charge in [-0.2, -0.15) is 0 Å². The van der Waals surface area contributed by atoms with Crippen molar-refractivity contribution in [1.29, 1.82) is 0 Å². The van der Waals surface area contributed by atoms with Crippen molar-refractivity contribution in [1.82, 2.24) is 4.57 Å². The lowest BCUT2D eigenvalue weighted by Gasteiger charge is -2.16. The molecule has 2 heterocycles. The van der Waals surface area contributed by atoms with Crippen LogP contribution in [0.15, 0.2) is 103 Å². The summed E-state index contributed by atoms with van der Waals surface area (Å²) in [6.07, 6.45) is 16.8. The monoisotopic (exact) mass is 369 g/mol. The average Bonchev–Trinajstić information content (AvgIpc) is 3.00. The number of hydrogen-bond acceptors (Lipinski definition) is 2. The van der Waals surface area contributed by atoms with Crippen LogP contribution >= 0.6 is 0 Å². The Balaban J connectivity index is 2.58. The molecule has 1 aliphatic heterocycles. The topological polar surface area (TPSA) is 29.6 Å². The largest absolute Gasteiger partial charge is 0.339 e. The molecule has 1 aromatic heterocycles. The van der Waals surface area contributed by atoms with Crippen LogP contribution in [0, 0.1) is 6.92 Å². The average molecular weight is 370 g/mol. The number of aliphatic imine (C=N–C) groups is 2. The molecular formula is C25H27N3. The second kappa shape index (κ2) is 10.0. The van der Waals surface area contributed by atoms with Gasteiger partial charge in [0.25, 0.3) is 0 Å². The number of aromatic nitrogens is 1. The van der Waals surface area contributed by atoms with Gasteiger partial charge in [0.15, 0.2) is 0 Å². The van der Waals surface area contributed by atoms with Gasteiger partial charge in [-0.3, -0.25) is 4.99 Å². The molecule has 2 rings (SSSR count). The molecule has 0 aromatic carbocycles. The zero-order chi connectivity index (χ0) is 20.5. The van der Waals surface area contributed by atoms with Crippen LogP contribution in [0.25, 0.3) is 12.2 Å². The predicted octanol–water partition coefficient (Wildman–Crippen LogP) is 5.90. The van der Waals surface area contributed by atoms with Gasteiger partial charge in [-0.15, -0.1) is 0 Å². The van der Waals surface area contributed by atoms with E-state index in [0.717, 1.165) is 28.2 Å². The lowest BCUT2D eigenvalue weighted by Crippen LogP contribution is -2.24. The first-order valence-corrected chi connectivity index (χ1v) is 9.09. The first kappa shape index (κ1) is 20.8. The zero-order valence-electron chi connectivity index (χ0n) is 16.6. The van der Waals surface area contributed by atoms with Gasteiger partial charge in [0.05, 0.1) is 30.2 Å². The van der Waals surface area contributed by atoms with E-state index in [9.17, 15) is 0 Å². The maximum absolute atomic E-state index is 4.80. The van der Waals surface area contributed by atoms with Crippen LogP contribution in [0.2, 0.25) is 0 Å². The number of allylic oxidation sites excluding steroid dienone is 7. The van der Waals surface area contributed by atoms with Crippen LogP contribution in [-0.2, 0) is 6.54 Å². The smallest absolute Gasteiger partial charge is 0.0932 e. The summed E-state index contributed by atoms with van der Waals surface area (Å²) in [6.45, 7) is 23.0. The van der Waals surface area contributed by atoms with Gasteiger partial charge in [0.1, 0.15) is 0 Å². The molecule has 3 nitrogen and oxygen atoms in total. The van der Waals surface area contributed by atoms with Crippen LogP contribution in [0.4, 0.5) is 0 Å². The van der Waals surface area contributed by atoms with Gasteiger partial charge in [-0.25, -0.2) is 4.99 Å². The van der Waals surface area contributed by atoms with Crippen molar-refractivity contribution in [2.24, 2.45) is 9.98 Å². The summed E-state index contributed by atoms with van der Waals surface area (Å²) in [4.78, 5) is 9.51. The van der Waals surface area contributed by atoms with Crippen molar-refractivity contribution < 1.29 is 0 Å². The molecule has 0 amide bonds. The predicted molar refractivity (Wildman–Crippen MR) is 125 cm³/mol. The summed E-state index contributed by atoms with van der Waals surface area (Å²) >= 11 is 0. The van der Waals surface area contributed by atoms with E-state index in [0.29, 0.717) is 24.5 Å². The summed E-state index contributed by atoms with van der Waals surface area (Å²) in [5.74, 6) is 0. The van der Waals surface area contributed by atoms with E-state index in [1.54, 1.807) is 6.08 Å². The summed E-state index contributed by atoms with van der Waals surface area (Å²) in [6, 6.07) is 2.09. The molecule has 0 atom stereocenters. The van der Waals surface area contributed by atoms with Crippen molar-refractivity contribution in [2.45, 2.75) is 13.5 Å². The molecule has 142 valence electrons. The Labute approximate surface area is 168 Å². The Morgan fingerprint density at radius 2 is 2.00 bits per heavy atom. The highest BCUT2D eigenvalue weighted by atomic mass is 15.0. The molecule has 3 heteroatoms. The van der Waals surface area contributed by atoms with Crippen LogP contribution in [-0.4, -0.2) is 22.5 Å². The fraction of sp³-hybridized carbons (Fsp3) is 0.120. The molecule has 28 heavy (non-hydrogen) atoms. The summed E-state index contributed by atoms with van der Waals surface area (Å²) < 4.78 is 2.16. The Morgan fingerprint density at radius 3 is 2.68 bits per heavy atom. The second-order valence-electron chi connectivity index (χ2n) is 6.27. The summed E-state index contributed by atoms with van der Waals surface area (Å²) in [7, 11) is 0. The van der Waals surface area contributed by atoms with Gasteiger partial charge < -0.3 is 4.57 Å². The van der Waals surface area contributed by atoms with Crippen LogP contribution in [0.3, 0.4) is 0 Å². The number of rotatable bonds is 7. The van der Waals surface area contributed by atoms with E-state index in [4.69, 9.17) is 9.98 Å². The molecule has 0 saturated heterocycles. The highest BCUT2D eigenvalue weighted by Gasteiger charge is 2.16. The van der Waals surface area contributed by atoms with Crippen molar-refractivity contribution in [3.63, 3.8) is 0 Å². The highest BCUT2D eigenvalue weighted by Crippen LogP contribution is 2.20. The molecule has 0 aliphatic carbocycles. The molecule has 0 N–H and O–H groups in total. The van der Waals surface area contributed by atoms with Gasteiger partial charge in [-0.05, 0) is 36.3 Å². The molecule has 0 saturated carbocycles. The van der Waals surface area contributed by atoms with Gasteiger partial charge in [-0.1, -0.05) is 75.4 Å². The van der Waals surface area contributed by atoms with E-state index in [1.165, 1.54) is 0 Å². The van der Waals surface area contributed by atoms with Crippen molar-refractivity contribution in [3.8, 4) is 0 Å². The third-order valence-corrected chi connectivity index (χ3v) is 4.29. The maximum Gasteiger partial charge on any atom is 0.0932 e. The highest BCUT2D eigenvalue weighted by molar-refractivity contribution is 6.49. The Bertz CT molecular complexity index is 956. The Hall–Kier alpha value is -3.46. The number of aryl methyl sites for hydroxylation is 1. The quantitative estimate of drug-likeness (QED) is 0.535. The normalized spacial score (nSPS) is 20.5. The second-order valence-corrected chi connectivity index (χ2v) is 6.27. The van der Waals surface area contributed by atoms with E-state index in [2.05, 4.69) is 50.5 Å². The zero-order valence-corrected chi connectivity index (χ0v) is 16.6. The molecule has 0 unspecified atom stereocenters. The number of nitrogens with zero attached hydrogens (tertiary/aromatic N) is 3. The third-order valence-electron chi connectivity index (χ3n) is 4.29. The van der Waals surface area contributed by atoms with Crippen molar-refractivity contribution in [3.05, 3.63) is 110 Å². The third kappa shape index (κ3) is 5.04. The fourth-order valence-corrected chi connectivity index (χ4v) is 2.91. The molecule has 0 radical (unpaired) electrons.